The molecule has 19 heavy (non-hydrogen) atoms. The van der Waals surface area contributed by atoms with Gasteiger partial charge in [0, 0.05) is 51.9 Å². The maximum absolute atomic E-state index is 6.26. The lowest BCUT2D eigenvalue weighted by Gasteiger charge is -2.39. The van der Waals surface area contributed by atoms with Gasteiger partial charge in [-0.05, 0) is 32.9 Å². The van der Waals surface area contributed by atoms with E-state index < -0.39 is 0 Å². The third kappa shape index (κ3) is 5.03. The fourth-order valence-corrected chi connectivity index (χ4v) is 3.33. The normalized spacial score (nSPS) is 30.9. The molecule has 2 unspecified atom stereocenters. The molecule has 0 aromatic carbocycles. The van der Waals surface area contributed by atoms with Crippen molar-refractivity contribution in [2.75, 3.05) is 59.9 Å². The molecule has 0 aromatic rings. The molecule has 1 aliphatic heterocycles. The number of nitrogens with two attached hydrogens (primary N) is 1. The monoisotopic (exact) mass is 268 g/mol. The van der Waals surface area contributed by atoms with Gasteiger partial charge in [0.2, 0.25) is 0 Å². The van der Waals surface area contributed by atoms with Crippen molar-refractivity contribution in [1.82, 2.24) is 14.7 Å². The molecule has 2 fully saturated rings. The predicted molar refractivity (Wildman–Crippen MR) is 81.4 cm³/mol. The van der Waals surface area contributed by atoms with Crippen molar-refractivity contribution in [1.29, 1.82) is 0 Å². The molecule has 2 N–H and O–H groups in total. The van der Waals surface area contributed by atoms with E-state index in [0.717, 1.165) is 5.92 Å². The summed E-state index contributed by atoms with van der Waals surface area (Å²) in [5.74, 6) is 0.752. The Morgan fingerprint density at radius 3 is 2.26 bits per heavy atom. The van der Waals surface area contributed by atoms with E-state index in [2.05, 4.69) is 28.8 Å². The summed E-state index contributed by atoms with van der Waals surface area (Å²) in [7, 11) is 4.31. The van der Waals surface area contributed by atoms with Crippen molar-refractivity contribution in [2.24, 2.45) is 11.7 Å². The molecule has 0 bridgehead atoms. The van der Waals surface area contributed by atoms with Crippen molar-refractivity contribution in [3.8, 4) is 0 Å². The highest BCUT2D eigenvalue weighted by atomic mass is 15.3. The van der Waals surface area contributed by atoms with Crippen molar-refractivity contribution < 1.29 is 0 Å². The van der Waals surface area contributed by atoms with Crippen molar-refractivity contribution in [3.05, 3.63) is 0 Å². The van der Waals surface area contributed by atoms with Crippen LogP contribution in [0.3, 0.4) is 0 Å². The summed E-state index contributed by atoms with van der Waals surface area (Å²) in [5.41, 5.74) is 6.26. The molecule has 4 heteroatoms. The zero-order valence-corrected chi connectivity index (χ0v) is 12.9. The first-order valence-corrected chi connectivity index (χ1v) is 8.00. The summed E-state index contributed by atoms with van der Waals surface area (Å²) in [6, 6.07) is 0.459. The molecule has 1 aliphatic carbocycles. The van der Waals surface area contributed by atoms with Gasteiger partial charge in [-0.15, -0.1) is 0 Å². The van der Waals surface area contributed by atoms with E-state index in [4.69, 9.17) is 5.73 Å². The Bertz CT molecular complexity index is 249. The number of hydrogen-bond donors (Lipinski definition) is 1. The molecule has 0 amide bonds. The summed E-state index contributed by atoms with van der Waals surface area (Å²) in [5, 5.41) is 0. The highest BCUT2D eigenvalue weighted by molar-refractivity contribution is 4.82. The minimum atomic E-state index is 0.459. The summed E-state index contributed by atoms with van der Waals surface area (Å²) in [4.78, 5) is 7.51. The van der Waals surface area contributed by atoms with Crippen molar-refractivity contribution >= 4 is 0 Å². The summed E-state index contributed by atoms with van der Waals surface area (Å²) >= 11 is 0. The van der Waals surface area contributed by atoms with Crippen LogP contribution in [0, 0.1) is 5.92 Å². The van der Waals surface area contributed by atoms with Gasteiger partial charge in [0.25, 0.3) is 0 Å². The first kappa shape index (κ1) is 15.2. The van der Waals surface area contributed by atoms with Crippen LogP contribution in [0.4, 0.5) is 0 Å². The molecule has 1 saturated heterocycles. The van der Waals surface area contributed by atoms with Gasteiger partial charge in [-0.3, -0.25) is 4.90 Å². The van der Waals surface area contributed by atoms with E-state index in [9.17, 15) is 0 Å². The molecule has 0 radical (unpaired) electrons. The third-order valence-corrected chi connectivity index (χ3v) is 4.79. The second-order valence-corrected chi connectivity index (χ2v) is 6.65. The van der Waals surface area contributed by atoms with Gasteiger partial charge < -0.3 is 15.5 Å². The minimum Gasteiger partial charge on any atom is -0.327 e. The first-order chi connectivity index (χ1) is 9.15. The largest absolute Gasteiger partial charge is 0.327 e. The lowest BCUT2D eigenvalue weighted by atomic mass is 9.84. The zero-order valence-electron chi connectivity index (χ0n) is 12.9. The smallest absolute Gasteiger partial charge is 0.0110 e. The Morgan fingerprint density at radius 2 is 1.63 bits per heavy atom. The van der Waals surface area contributed by atoms with Gasteiger partial charge in [-0.25, -0.2) is 0 Å². The number of piperazine rings is 1. The average Bonchev–Trinajstić information content (AvgIpc) is 2.40. The SMILES string of the molecule is CN(C)CCN1CCN(CC2CCCCC2N)CC1. The van der Waals surface area contributed by atoms with Crippen molar-refractivity contribution in [3.63, 3.8) is 0 Å². The molecular weight excluding hydrogens is 236 g/mol. The molecule has 2 rings (SSSR count). The van der Waals surface area contributed by atoms with E-state index in [0.29, 0.717) is 6.04 Å². The second kappa shape index (κ2) is 7.58. The van der Waals surface area contributed by atoms with Crippen LogP contribution < -0.4 is 5.73 Å². The van der Waals surface area contributed by atoms with Crippen LogP contribution in [0.1, 0.15) is 25.7 Å². The quantitative estimate of drug-likeness (QED) is 0.795. The van der Waals surface area contributed by atoms with E-state index >= 15 is 0 Å². The fraction of sp³-hybridized carbons (Fsp3) is 1.00. The number of rotatable bonds is 5. The molecular formula is C15H32N4. The standard InChI is InChI=1S/C15H32N4/c1-17(2)7-8-18-9-11-19(12-10-18)13-14-5-3-4-6-15(14)16/h14-15H,3-13,16H2,1-2H3. The Hall–Kier alpha value is -0.160. The number of nitrogens with zero attached hydrogens (tertiary/aromatic N) is 3. The molecule has 2 atom stereocenters. The highest BCUT2D eigenvalue weighted by Gasteiger charge is 2.25. The van der Waals surface area contributed by atoms with Gasteiger partial charge in [0.15, 0.2) is 0 Å². The maximum Gasteiger partial charge on any atom is 0.0110 e. The molecule has 4 nitrogen and oxygen atoms in total. The summed E-state index contributed by atoms with van der Waals surface area (Å²) < 4.78 is 0. The first-order valence-electron chi connectivity index (χ1n) is 8.00. The Morgan fingerprint density at radius 1 is 1.00 bits per heavy atom. The molecule has 0 aromatic heterocycles. The molecule has 112 valence electrons. The summed E-state index contributed by atoms with van der Waals surface area (Å²) in [6.07, 6.45) is 5.33. The lowest BCUT2D eigenvalue weighted by Crippen LogP contribution is -2.51. The minimum absolute atomic E-state index is 0.459. The van der Waals surface area contributed by atoms with Gasteiger partial charge in [-0.2, -0.15) is 0 Å². The van der Waals surface area contributed by atoms with Crippen LogP contribution in [0.2, 0.25) is 0 Å². The van der Waals surface area contributed by atoms with Crippen LogP contribution in [-0.2, 0) is 0 Å². The van der Waals surface area contributed by atoms with E-state index in [1.807, 2.05) is 0 Å². The van der Waals surface area contributed by atoms with Gasteiger partial charge in [0.1, 0.15) is 0 Å². The predicted octanol–water partition coefficient (Wildman–Crippen LogP) is 0.683. The number of likely N-dealkylation sites (N-methyl/N-ethyl adjacent to an activating group) is 1. The zero-order chi connectivity index (χ0) is 13.7. The Kier molecular flexibility index (Phi) is 6.07. The molecule has 1 heterocycles. The lowest BCUT2D eigenvalue weighted by molar-refractivity contribution is 0.100. The molecule has 0 spiro atoms. The van der Waals surface area contributed by atoms with E-state index in [-0.39, 0.29) is 0 Å². The molecule has 2 aliphatic rings. The van der Waals surface area contributed by atoms with E-state index in [1.54, 1.807) is 0 Å². The van der Waals surface area contributed by atoms with Crippen LogP contribution in [-0.4, -0.2) is 80.7 Å². The number of hydrogen-bond acceptors (Lipinski definition) is 4. The maximum atomic E-state index is 6.26. The average molecular weight is 268 g/mol. The third-order valence-electron chi connectivity index (χ3n) is 4.79. The summed E-state index contributed by atoms with van der Waals surface area (Å²) in [6.45, 7) is 8.55. The van der Waals surface area contributed by atoms with Gasteiger partial charge in [0.05, 0.1) is 0 Å². The molecule has 1 saturated carbocycles. The van der Waals surface area contributed by atoms with Crippen LogP contribution in [0.5, 0.6) is 0 Å². The second-order valence-electron chi connectivity index (χ2n) is 6.65. The van der Waals surface area contributed by atoms with Crippen molar-refractivity contribution in [2.45, 2.75) is 31.7 Å². The van der Waals surface area contributed by atoms with Crippen LogP contribution in [0.25, 0.3) is 0 Å². The van der Waals surface area contributed by atoms with Gasteiger partial charge in [-0.1, -0.05) is 12.8 Å². The van der Waals surface area contributed by atoms with Crippen LogP contribution >= 0.6 is 0 Å². The van der Waals surface area contributed by atoms with E-state index in [1.165, 1.54) is 71.5 Å². The fourth-order valence-electron chi connectivity index (χ4n) is 3.33. The van der Waals surface area contributed by atoms with Gasteiger partial charge >= 0.3 is 0 Å². The topological polar surface area (TPSA) is 35.7 Å². The highest BCUT2D eigenvalue weighted by Crippen LogP contribution is 2.24. The Labute approximate surface area is 118 Å². The van der Waals surface area contributed by atoms with Crippen LogP contribution in [0.15, 0.2) is 0 Å². The Balaban J connectivity index is 1.65.